The third kappa shape index (κ3) is 2.79. The lowest BCUT2D eigenvalue weighted by molar-refractivity contribution is 0.490. The van der Waals surface area contributed by atoms with Gasteiger partial charge < -0.3 is 10.6 Å². The van der Waals surface area contributed by atoms with Crippen molar-refractivity contribution in [3.63, 3.8) is 0 Å². The van der Waals surface area contributed by atoms with E-state index < -0.39 is 0 Å². The van der Waals surface area contributed by atoms with E-state index >= 15 is 0 Å². The summed E-state index contributed by atoms with van der Waals surface area (Å²) in [4.78, 5) is 6.10. The summed E-state index contributed by atoms with van der Waals surface area (Å²) >= 11 is 1.55. The summed E-state index contributed by atoms with van der Waals surface area (Å²) < 4.78 is 0. The van der Waals surface area contributed by atoms with Gasteiger partial charge in [0.1, 0.15) is 5.00 Å². The Labute approximate surface area is 88.3 Å². The van der Waals surface area contributed by atoms with Crippen LogP contribution in [0.15, 0.2) is 22.5 Å². The van der Waals surface area contributed by atoms with Gasteiger partial charge in [0.15, 0.2) is 5.96 Å². The number of thiophene rings is 1. The lowest BCUT2D eigenvalue weighted by Gasteiger charge is -2.18. The topological polar surface area (TPSA) is 41.6 Å². The van der Waals surface area contributed by atoms with Crippen LogP contribution >= 0.6 is 11.3 Å². The Morgan fingerprint density at radius 2 is 2.57 bits per heavy atom. The number of guanidine groups is 1. The standard InChI is InChI=1S/C10H13N3S/c1-3-7-13(4-2)10(11)12-9-6-5-8-14-9/h1,5-6,8H,4,7H2,2H3,(H2,11,12). The van der Waals surface area contributed by atoms with Gasteiger partial charge in [0, 0.05) is 6.54 Å². The van der Waals surface area contributed by atoms with E-state index in [-0.39, 0.29) is 0 Å². The highest BCUT2D eigenvalue weighted by atomic mass is 32.1. The third-order valence-corrected chi connectivity index (χ3v) is 2.48. The maximum atomic E-state index is 5.79. The summed E-state index contributed by atoms with van der Waals surface area (Å²) in [5.41, 5.74) is 5.79. The molecule has 3 nitrogen and oxygen atoms in total. The minimum atomic E-state index is 0.480. The summed E-state index contributed by atoms with van der Waals surface area (Å²) in [6.45, 7) is 3.26. The van der Waals surface area contributed by atoms with Crippen molar-refractivity contribution in [3.05, 3.63) is 17.5 Å². The fourth-order valence-corrected chi connectivity index (χ4v) is 1.58. The van der Waals surface area contributed by atoms with E-state index in [0.29, 0.717) is 12.5 Å². The number of nitrogens with zero attached hydrogens (tertiary/aromatic N) is 2. The first kappa shape index (κ1) is 10.6. The van der Waals surface area contributed by atoms with Crippen molar-refractivity contribution in [2.45, 2.75) is 6.92 Å². The van der Waals surface area contributed by atoms with Crippen molar-refractivity contribution in [1.29, 1.82) is 0 Å². The van der Waals surface area contributed by atoms with Crippen LogP contribution in [0.2, 0.25) is 0 Å². The first-order chi connectivity index (χ1) is 6.77. The van der Waals surface area contributed by atoms with E-state index in [1.165, 1.54) is 0 Å². The van der Waals surface area contributed by atoms with Crippen LogP contribution < -0.4 is 5.73 Å². The largest absolute Gasteiger partial charge is 0.369 e. The molecular weight excluding hydrogens is 194 g/mol. The van der Waals surface area contributed by atoms with Gasteiger partial charge in [-0.2, -0.15) is 0 Å². The number of terminal acetylenes is 1. The van der Waals surface area contributed by atoms with Crippen LogP contribution in [0, 0.1) is 12.3 Å². The Morgan fingerprint density at radius 1 is 1.79 bits per heavy atom. The molecule has 0 aromatic carbocycles. The molecule has 14 heavy (non-hydrogen) atoms. The zero-order valence-corrected chi connectivity index (χ0v) is 8.92. The number of hydrogen-bond acceptors (Lipinski definition) is 2. The molecule has 2 N–H and O–H groups in total. The van der Waals surface area contributed by atoms with Gasteiger partial charge in [0.2, 0.25) is 0 Å². The first-order valence-electron chi connectivity index (χ1n) is 4.34. The zero-order chi connectivity index (χ0) is 10.4. The van der Waals surface area contributed by atoms with E-state index in [4.69, 9.17) is 12.2 Å². The average molecular weight is 207 g/mol. The second kappa shape index (κ2) is 5.30. The monoisotopic (exact) mass is 207 g/mol. The normalized spacial score (nSPS) is 11.0. The summed E-state index contributed by atoms with van der Waals surface area (Å²) in [6.07, 6.45) is 5.22. The van der Waals surface area contributed by atoms with Gasteiger partial charge in [-0.1, -0.05) is 5.92 Å². The van der Waals surface area contributed by atoms with Crippen molar-refractivity contribution in [2.75, 3.05) is 13.1 Å². The van der Waals surface area contributed by atoms with Gasteiger partial charge in [-0.3, -0.25) is 0 Å². The Balaban J connectivity index is 2.72. The molecule has 0 radical (unpaired) electrons. The molecule has 0 saturated heterocycles. The SMILES string of the molecule is C#CCN(CC)C(N)=Nc1cccs1. The number of aliphatic imine (C=N–C) groups is 1. The molecule has 0 aliphatic carbocycles. The Kier molecular flexibility index (Phi) is 4.02. The lowest BCUT2D eigenvalue weighted by Crippen LogP contribution is -2.37. The molecule has 0 spiro atoms. The molecule has 4 heteroatoms. The molecule has 1 heterocycles. The highest BCUT2D eigenvalue weighted by molar-refractivity contribution is 7.13. The van der Waals surface area contributed by atoms with E-state index in [9.17, 15) is 0 Å². The molecule has 0 unspecified atom stereocenters. The molecule has 0 bridgehead atoms. The van der Waals surface area contributed by atoms with Crippen molar-refractivity contribution >= 4 is 22.3 Å². The first-order valence-corrected chi connectivity index (χ1v) is 5.22. The molecule has 0 saturated carbocycles. The molecule has 0 atom stereocenters. The number of nitrogens with two attached hydrogens (primary N) is 1. The van der Waals surface area contributed by atoms with E-state index in [1.807, 2.05) is 29.3 Å². The summed E-state index contributed by atoms with van der Waals surface area (Å²) in [6, 6.07) is 3.86. The molecule has 0 fully saturated rings. The molecule has 0 aliphatic heterocycles. The van der Waals surface area contributed by atoms with Gasteiger partial charge in [0.05, 0.1) is 6.54 Å². The second-order valence-electron chi connectivity index (χ2n) is 2.64. The maximum Gasteiger partial charge on any atom is 0.198 e. The quantitative estimate of drug-likeness (QED) is 0.465. The van der Waals surface area contributed by atoms with E-state index in [1.54, 1.807) is 11.3 Å². The molecule has 1 aromatic heterocycles. The molecule has 1 rings (SSSR count). The van der Waals surface area contributed by atoms with E-state index in [0.717, 1.165) is 11.5 Å². The minimum Gasteiger partial charge on any atom is -0.369 e. The third-order valence-electron chi connectivity index (χ3n) is 1.72. The smallest absolute Gasteiger partial charge is 0.198 e. The number of hydrogen-bond donors (Lipinski definition) is 1. The minimum absolute atomic E-state index is 0.480. The highest BCUT2D eigenvalue weighted by Gasteiger charge is 2.03. The van der Waals surface area contributed by atoms with Crippen LogP contribution in [0.4, 0.5) is 5.00 Å². The average Bonchev–Trinajstić information content (AvgIpc) is 2.66. The predicted molar refractivity (Wildman–Crippen MR) is 61.7 cm³/mol. The zero-order valence-electron chi connectivity index (χ0n) is 8.10. The molecule has 0 amide bonds. The fraction of sp³-hybridized carbons (Fsp3) is 0.300. The second-order valence-corrected chi connectivity index (χ2v) is 3.57. The van der Waals surface area contributed by atoms with Crippen molar-refractivity contribution in [3.8, 4) is 12.3 Å². The van der Waals surface area contributed by atoms with Gasteiger partial charge in [-0.15, -0.1) is 17.8 Å². The van der Waals surface area contributed by atoms with Gasteiger partial charge in [-0.25, -0.2) is 4.99 Å². The van der Waals surface area contributed by atoms with Crippen molar-refractivity contribution < 1.29 is 0 Å². The van der Waals surface area contributed by atoms with Crippen LogP contribution in [0.5, 0.6) is 0 Å². The molecular formula is C10H13N3S. The van der Waals surface area contributed by atoms with Crippen LogP contribution in [-0.2, 0) is 0 Å². The highest BCUT2D eigenvalue weighted by Crippen LogP contribution is 2.18. The van der Waals surface area contributed by atoms with E-state index in [2.05, 4.69) is 10.9 Å². The maximum absolute atomic E-state index is 5.79. The predicted octanol–water partition coefficient (Wildman–Crippen LogP) is 1.65. The Morgan fingerprint density at radius 3 is 3.07 bits per heavy atom. The summed E-state index contributed by atoms with van der Waals surface area (Å²) in [5, 5.41) is 2.86. The molecule has 0 aliphatic rings. The number of rotatable bonds is 3. The summed E-state index contributed by atoms with van der Waals surface area (Å²) in [7, 11) is 0. The van der Waals surface area contributed by atoms with Crippen molar-refractivity contribution in [1.82, 2.24) is 4.90 Å². The lowest BCUT2D eigenvalue weighted by atomic mass is 10.5. The Hall–Kier alpha value is -1.47. The van der Waals surface area contributed by atoms with Crippen LogP contribution in [0.25, 0.3) is 0 Å². The Bertz CT molecular complexity index is 335. The van der Waals surface area contributed by atoms with Crippen molar-refractivity contribution in [2.24, 2.45) is 10.7 Å². The molecule has 74 valence electrons. The fourth-order valence-electron chi connectivity index (χ4n) is 0.982. The van der Waals surface area contributed by atoms with Gasteiger partial charge in [-0.05, 0) is 24.4 Å². The van der Waals surface area contributed by atoms with Gasteiger partial charge in [0.25, 0.3) is 0 Å². The summed E-state index contributed by atoms with van der Waals surface area (Å²) in [5.74, 6) is 3.03. The van der Waals surface area contributed by atoms with Crippen LogP contribution in [0.1, 0.15) is 6.92 Å². The van der Waals surface area contributed by atoms with Crippen LogP contribution in [-0.4, -0.2) is 23.9 Å². The van der Waals surface area contributed by atoms with Gasteiger partial charge >= 0.3 is 0 Å². The van der Waals surface area contributed by atoms with Crippen LogP contribution in [0.3, 0.4) is 0 Å². The molecule has 1 aromatic rings.